The Morgan fingerprint density at radius 3 is 2.55 bits per heavy atom. The molecule has 0 radical (unpaired) electrons. The molecule has 1 unspecified atom stereocenters. The average molecular weight is 316 g/mol. The van der Waals surface area contributed by atoms with Crippen molar-refractivity contribution in [1.29, 1.82) is 0 Å². The van der Waals surface area contributed by atoms with Gasteiger partial charge in [0.05, 0.1) is 4.90 Å². The Bertz CT molecular complexity index is 557. The molecule has 1 aromatic rings. The molecular weight excluding hydrogens is 292 g/mol. The fourth-order valence-corrected chi connectivity index (χ4v) is 4.19. The van der Waals surface area contributed by atoms with Crippen molar-refractivity contribution in [3.05, 3.63) is 28.8 Å². The lowest BCUT2D eigenvalue weighted by molar-refractivity contribution is 0.562. The summed E-state index contributed by atoms with van der Waals surface area (Å²) in [6.45, 7) is 6.56. The standard InChI is InChI=1S/C14H24N2O2S2/c1-10(9-19-4)8-16-20(17,18)14-6-13(7-15)5-11(2)12(14)3/h5-6,10,16H,7-9,15H2,1-4H3. The molecule has 0 saturated carbocycles. The normalized spacial score (nSPS) is 13.4. The molecule has 0 aliphatic heterocycles. The summed E-state index contributed by atoms with van der Waals surface area (Å²) in [4.78, 5) is 0.342. The molecule has 20 heavy (non-hydrogen) atoms. The van der Waals surface area contributed by atoms with Gasteiger partial charge in [-0.1, -0.05) is 13.0 Å². The van der Waals surface area contributed by atoms with Crippen molar-refractivity contribution in [1.82, 2.24) is 4.72 Å². The highest BCUT2D eigenvalue weighted by molar-refractivity contribution is 7.98. The molecule has 1 atom stereocenters. The zero-order chi connectivity index (χ0) is 15.3. The van der Waals surface area contributed by atoms with Crippen molar-refractivity contribution in [2.75, 3.05) is 18.6 Å². The minimum atomic E-state index is -3.47. The van der Waals surface area contributed by atoms with Crippen molar-refractivity contribution < 1.29 is 8.42 Å². The van der Waals surface area contributed by atoms with Gasteiger partial charge >= 0.3 is 0 Å². The van der Waals surface area contributed by atoms with E-state index in [1.807, 2.05) is 33.1 Å². The number of nitrogens with two attached hydrogens (primary N) is 1. The van der Waals surface area contributed by atoms with Crippen LogP contribution in [0.4, 0.5) is 0 Å². The van der Waals surface area contributed by atoms with Crippen LogP contribution >= 0.6 is 11.8 Å². The Morgan fingerprint density at radius 2 is 2.00 bits per heavy atom. The molecule has 114 valence electrons. The van der Waals surface area contributed by atoms with Gasteiger partial charge in [0.25, 0.3) is 0 Å². The molecule has 0 aliphatic carbocycles. The number of nitrogens with one attached hydrogen (secondary N) is 1. The molecule has 0 spiro atoms. The first-order valence-corrected chi connectivity index (χ1v) is 9.48. The maximum absolute atomic E-state index is 12.4. The predicted octanol–water partition coefficient (Wildman–Crippen LogP) is 2.04. The van der Waals surface area contributed by atoms with E-state index >= 15 is 0 Å². The summed E-state index contributed by atoms with van der Waals surface area (Å²) in [6.07, 6.45) is 2.02. The van der Waals surface area contributed by atoms with Gasteiger partial charge in [0, 0.05) is 13.1 Å². The van der Waals surface area contributed by atoms with E-state index in [0.717, 1.165) is 22.4 Å². The Hall–Kier alpha value is -0.560. The van der Waals surface area contributed by atoms with Crippen molar-refractivity contribution in [2.24, 2.45) is 11.7 Å². The number of sulfonamides is 1. The first-order chi connectivity index (χ1) is 9.31. The second kappa shape index (κ2) is 7.45. The van der Waals surface area contributed by atoms with Crippen molar-refractivity contribution in [3.8, 4) is 0 Å². The van der Waals surface area contributed by atoms with Gasteiger partial charge in [-0.05, 0) is 54.5 Å². The van der Waals surface area contributed by atoms with Gasteiger partial charge in [0.1, 0.15) is 0 Å². The zero-order valence-corrected chi connectivity index (χ0v) is 14.2. The van der Waals surface area contributed by atoms with Gasteiger partial charge in [-0.3, -0.25) is 0 Å². The SMILES string of the molecule is CSCC(C)CNS(=O)(=O)c1cc(CN)cc(C)c1C. The van der Waals surface area contributed by atoms with Gasteiger partial charge < -0.3 is 5.73 Å². The van der Waals surface area contributed by atoms with Crippen LogP contribution in [-0.4, -0.2) is 27.0 Å². The molecule has 1 aromatic carbocycles. The van der Waals surface area contributed by atoms with Crippen LogP contribution in [0.15, 0.2) is 17.0 Å². The molecule has 0 saturated heterocycles. The van der Waals surface area contributed by atoms with Gasteiger partial charge in [-0.2, -0.15) is 11.8 Å². The van der Waals surface area contributed by atoms with Crippen LogP contribution in [0, 0.1) is 19.8 Å². The van der Waals surface area contributed by atoms with E-state index in [-0.39, 0.29) is 0 Å². The molecule has 0 fully saturated rings. The number of rotatable bonds is 7. The Balaban J connectivity index is 3.00. The highest BCUT2D eigenvalue weighted by atomic mass is 32.2. The topological polar surface area (TPSA) is 72.2 Å². The van der Waals surface area contributed by atoms with Crippen LogP contribution in [0.5, 0.6) is 0 Å². The molecule has 4 nitrogen and oxygen atoms in total. The Labute approximate surface area is 126 Å². The summed E-state index contributed by atoms with van der Waals surface area (Å²) in [7, 11) is -3.47. The summed E-state index contributed by atoms with van der Waals surface area (Å²) < 4.78 is 27.5. The second-order valence-electron chi connectivity index (χ2n) is 5.15. The quantitative estimate of drug-likeness (QED) is 0.807. The van der Waals surface area contributed by atoms with E-state index in [1.54, 1.807) is 17.8 Å². The first-order valence-electron chi connectivity index (χ1n) is 6.60. The third-order valence-corrected chi connectivity index (χ3v) is 5.73. The van der Waals surface area contributed by atoms with Crippen LogP contribution in [-0.2, 0) is 16.6 Å². The van der Waals surface area contributed by atoms with Crippen LogP contribution in [0.1, 0.15) is 23.6 Å². The maximum Gasteiger partial charge on any atom is 0.240 e. The average Bonchev–Trinajstić information content (AvgIpc) is 2.39. The fraction of sp³-hybridized carbons (Fsp3) is 0.571. The van der Waals surface area contributed by atoms with Crippen molar-refractivity contribution >= 4 is 21.8 Å². The van der Waals surface area contributed by atoms with Gasteiger partial charge in [-0.25, -0.2) is 13.1 Å². The Morgan fingerprint density at radius 1 is 1.35 bits per heavy atom. The smallest absolute Gasteiger partial charge is 0.240 e. The highest BCUT2D eigenvalue weighted by Gasteiger charge is 2.19. The maximum atomic E-state index is 12.4. The third kappa shape index (κ3) is 4.48. The van der Waals surface area contributed by atoms with Gasteiger partial charge in [-0.15, -0.1) is 0 Å². The molecule has 0 aromatic heterocycles. The minimum absolute atomic E-state index is 0.305. The number of hydrogen-bond acceptors (Lipinski definition) is 4. The van der Waals surface area contributed by atoms with Gasteiger partial charge in [0.15, 0.2) is 0 Å². The highest BCUT2D eigenvalue weighted by Crippen LogP contribution is 2.21. The summed E-state index contributed by atoms with van der Waals surface area (Å²) >= 11 is 1.72. The van der Waals surface area contributed by atoms with E-state index in [9.17, 15) is 8.42 Å². The molecule has 0 amide bonds. The molecule has 0 heterocycles. The van der Waals surface area contributed by atoms with E-state index in [2.05, 4.69) is 4.72 Å². The Kier molecular flexibility index (Phi) is 6.51. The van der Waals surface area contributed by atoms with E-state index in [1.165, 1.54) is 0 Å². The lowest BCUT2D eigenvalue weighted by Crippen LogP contribution is -2.30. The van der Waals surface area contributed by atoms with E-state index in [4.69, 9.17) is 5.73 Å². The monoisotopic (exact) mass is 316 g/mol. The van der Waals surface area contributed by atoms with Crippen LogP contribution in [0.3, 0.4) is 0 Å². The number of benzene rings is 1. The van der Waals surface area contributed by atoms with Crippen LogP contribution in [0.2, 0.25) is 0 Å². The lowest BCUT2D eigenvalue weighted by atomic mass is 10.1. The third-order valence-electron chi connectivity index (χ3n) is 3.28. The summed E-state index contributed by atoms with van der Waals surface area (Å²) in [6, 6.07) is 3.61. The largest absolute Gasteiger partial charge is 0.326 e. The van der Waals surface area contributed by atoms with Crippen molar-refractivity contribution in [3.63, 3.8) is 0 Å². The number of thioether (sulfide) groups is 1. The first kappa shape index (κ1) is 17.5. The molecule has 0 aliphatic rings. The molecule has 0 bridgehead atoms. The van der Waals surface area contributed by atoms with Crippen LogP contribution in [0.25, 0.3) is 0 Å². The zero-order valence-electron chi connectivity index (χ0n) is 12.6. The summed E-state index contributed by atoms with van der Waals surface area (Å²) in [5.74, 6) is 1.24. The van der Waals surface area contributed by atoms with Gasteiger partial charge in [0.2, 0.25) is 10.0 Å². The van der Waals surface area contributed by atoms with Crippen LogP contribution < -0.4 is 10.5 Å². The van der Waals surface area contributed by atoms with Crippen molar-refractivity contribution in [2.45, 2.75) is 32.2 Å². The minimum Gasteiger partial charge on any atom is -0.326 e. The second-order valence-corrected chi connectivity index (χ2v) is 7.80. The van der Waals surface area contributed by atoms with E-state index in [0.29, 0.717) is 23.9 Å². The number of hydrogen-bond donors (Lipinski definition) is 2. The summed E-state index contributed by atoms with van der Waals surface area (Å²) in [5, 5.41) is 0. The van der Waals surface area contributed by atoms with E-state index < -0.39 is 10.0 Å². The number of aryl methyl sites for hydroxylation is 1. The molecule has 3 N–H and O–H groups in total. The lowest BCUT2D eigenvalue weighted by Gasteiger charge is -2.15. The molecular formula is C14H24N2O2S2. The molecule has 6 heteroatoms. The summed E-state index contributed by atoms with van der Waals surface area (Å²) in [5.41, 5.74) is 8.20. The fourth-order valence-electron chi connectivity index (χ4n) is 1.97. The predicted molar refractivity (Wildman–Crippen MR) is 86.5 cm³/mol. The molecule has 1 rings (SSSR count).